The van der Waals surface area contributed by atoms with Crippen LogP contribution in [0.15, 0.2) is 36.4 Å². The van der Waals surface area contributed by atoms with Crippen LogP contribution in [-0.4, -0.2) is 34.6 Å². The fourth-order valence-corrected chi connectivity index (χ4v) is 3.58. The summed E-state index contributed by atoms with van der Waals surface area (Å²) in [5.74, 6) is 0.0479. The number of hydrogen-bond donors (Lipinski definition) is 0. The standard InChI is InChI=1S/C20H19N3O6/c1-12-3-5-16(6-4-12)22-13(2)19(24)21(20(22)25)9-14-7-17(23(26)27)8-15-10-28-11-29-18(14)15/h3-8,13H,9-11H2,1-2H3. The lowest BCUT2D eigenvalue weighted by atomic mass is 10.1. The lowest BCUT2D eigenvalue weighted by molar-refractivity contribution is -0.385. The molecule has 2 aromatic carbocycles. The number of aryl methyl sites for hydroxylation is 1. The van der Waals surface area contributed by atoms with E-state index < -0.39 is 17.0 Å². The first kappa shape index (κ1) is 18.9. The maximum Gasteiger partial charge on any atom is 0.332 e. The van der Waals surface area contributed by atoms with Gasteiger partial charge in [-0.05, 0) is 26.0 Å². The Kier molecular flexibility index (Phi) is 4.67. The fourth-order valence-electron chi connectivity index (χ4n) is 3.58. The van der Waals surface area contributed by atoms with Crippen molar-refractivity contribution in [1.82, 2.24) is 4.90 Å². The van der Waals surface area contributed by atoms with Crippen molar-refractivity contribution in [3.63, 3.8) is 0 Å². The Morgan fingerprint density at radius 1 is 1.21 bits per heavy atom. The lowest BCUT2D eigenvalue weighted by Crippen LogP contribution is -2.33. The largest absolute Gasteiger partial charge is 0.467 e. The van der Waals surface area contributed by atoms with Crippen LogP contribution in [0, 0.1) is 17.0 Å². The molecular formula is C20H19N3O6. The Morgan fingerprint density at radius 3 is 2.62 bits per heavy atom. The second-order valence-electron chi connectivity index (χ2n) is 7.05. The zero-order valence-electron chi connectivity index (χ0n) is 16.0. The highest BCUT2D eigenvalue weighted by molar-refractivity contribution is 6.14. The fraction of sp³-hybridized carbons (Fsp3) is 0.300. The van der Waals surface area contributed by atoms with Gasteiger partial charge in [0, 0.05) is 28.9 Å². The van der Waals surface area contributed by atoms with Crippen molar-refractivity contribution in [2.24, 2.45) is 0 Å². The summed E-state index contributed by atoms with van der Waals surface area (Å²) in [4.78, 5) is 39.2. The van der Waals surface area contributed by atoms with E-state index in [1.54, 1.807) is 19.1 Å². The summed E-state index contributed by atoms with van der Waals surface area (Å²) in [7, 11) is 0. The number of imide groups is 1. The number of urea groups is 1. The number of nitro benzene ring substituents is 1. The third-order valence-electron chi connectivity index (χ3n) is 5.07. The van der Waals surface area contributed by atoms with Gasteiger partial charge in [0.2, 0.25) is 0 Å². The van der Waals surface area contributed by atoms with Crippen molar-refractivity contribution in [3.05, 3.63) is 63.2 Å². The van der Waals surface area contributed by atoms with Crippen LogP contribution >= 0.6 is 0 Å². The van der Waals surface area contributed by atoms with Crippen molar-refractivity contribution in [3.8, 4) is 5.75 Å². The number of amides is 3. The quantitative estimate of drug-likeness (QED) is 0.446. The molecule has 1 saturated heterocycles. The van der Waals surface area contributed by atoms with Gasteiger partial charge in [0.25, 0.3) is 11.6 Å². The monoisotopic (exact) mass is 397 g/mol. The van der Waals surface area contributed by atoms with Gasteiger partial charge >= 0.3 is 6.03 Å². The topological polar surface area (TPSA) is 102 Å². The number of non-ortho nitro benzene ring substituents is 1. The molecule has 0 aliphatic carbocycles. The minimum Gasteiger partial charge on any atom is -0.467 e. The summed E-state index contributed by atoms with van der Waals surface area (Å²) >= 11 is 0. The van der Waals surface area contributed by atoms with Crippen molar-refractivity contribution in [1.29, 1.82) is 0 Å². The molecule has 1 atom stereocenters. The van der Waals surface area contributed by atoms with E-state index in [1.807, 2.05) is 19.1 Å². The Bertz CT molecular complexity index is 1000. The number of benzene rings is 2. The molecule has 0 spiro atoms. The van der Waals surface area contributed by atoms with E-state index >= 15 is 0 Å². The second-order valence-corrected chi connectivity index (χ2v) is 7.05. The van der Waals surface area contributed by atoms with E-state index in [0.717, 1.165) is 10.5 Å². The average molecular weight is 397 g/mol. The Balaban J connectivity index is 1.68. The van der Waals surface area contributed by atoms with Crippen LogP contribution in [0.3, 0.4) is 0 Å². The molecule has 3 amide bonds. The van der Waals surface area contributed by atoms with Crippen LogP contribution in [0.25, 0.3) is 0 Å². The molecular weight excluding hydrogens is 378 g/mol. The number of nitrogens with zero attached hydrogens (tertiary/aromatic N) is 3. The third-order valence-corrected chi connectivity index (χ3v) is 5.07. The van der Waals surface area contributed by atoms with Gasteiger partial charge < -0.3 is 9.47 Å². The minimum atomic E-state index is -0.677. The molecule has 0 saturated carbocycles. The van der Waals surface area contributed by atoms with Crippen LogP contribution < -0.4 is 9.64 Å². The highest BCUT2D eigenvalue weighted by Gasteiger charge is 2.43. The van der Waals surface area contributed by atoms with E-state index in [2.05, 4.69) is 0 Å². The Labute approximate surface area is 166 Å². The normalized spacial score (nSPS) is 18.6. The van der Waals surface area contributed by atoms with Gasteiger partial charge in [-0.15, -0.1) is 0 Å². The van der Waals surface area contributed by atoms with Gasteiger partial charge in [-0.25, -0.2) is 4.79 Å². The van der Waals surface area contributed by atoms with Gasteiger partial charge in [0.05, 0.1) is 18.1 Å². The van der Waals surface area contributed by atoms with Crippen molar-refractivity contribution in [2.75, 3.05) is 11.7 Å². The van der Waals surface area contributed by atoms with Crippen LogP contribution in [0.5, 0.6) is 5.75 Å². The van der Waals surface area contributed by atoms with Crippen molar-refractivity contribution < 1.29 is 24.0 Å². The first-order valence-corrected chi connectivity index (χ1v) is 9.09. The molecule has 0 bridgehead atoms. The predicted molar refractivity (Wildman–Crippen MR) is 102 cm³/mol. The van der Waals surface area contributed by atoms with Gasteiger partial charge in [0.15, 0.2) is 6.79 Å². The number of rotatable bonds is 4. The Morgan fingerprint density at radius 2 is 1.93 bits per heavy atom. The Hall–Kier alpha value is -3.46. The third kappa shape index (κ3) is 3.29. The molecule has 1 unspecified atom stereocenters. The minimum absolute atomic E-state index is 0.00555. The summed E-state index contributed by atoms with van der Waals surface area (Å²) in [6.45, 7) is 3.65. The first-order chi connectivity index (χ1) is 13.9. The molecule has 2 aromatic rings. The van der Waals surface area contributed by atoms with Gasteiger partial charge in [-0.2, -0.15) is 0 Å². The van der Waals surface area contributed by atoms with Gasteiger partial charge in [-0.3, -0.25) is 24.7 Å². The molecule has 0 N–H and O–H groups in total. The number of carbonyl (C=O) groups excluding carboxylic acids is 2. The highest BCUT2D eigenvalue weighted by atomic mass is 16.7. The summed E-state index contributed by atoms with van der Waals surface area (Å²) in [6.07, 6.45) is 0. The smallest absolute Gasteiger partial charge is 0.332 e. The average Bonchev–Trinajstić information content (AvgIpc) is 2.92. The molecule has 9 heteroatoms. The predicted octanol–water partition coefficient (Wildman–Crippen LogP) is 3.13. The molecule has 4 rings (SSSR count). The number of hydrogen-bond acceptors (Lipinski definition) is 6. The van der Waals surface area contributed by atoms with Crippen LogP contribution in [0.4, 0.5) is 16.2 Å². The van der Waals surface area contributed by atoms with Crippen LogP contribution in [-0.2, 0) is 22.7 Å². The summed E-state index contributed by atoms with van der Waals surface area (Å²) < 4.78 is 10.7. The first-order valence-electron chi connectivity index (χ1n) is 9.09. The molecule has 0 radical (unpaired) electrons. The molecule has 0 aromatic heterocycles. The summed E-state index contributed by atoms with van der Waals surface area (Å²) in [5.41, 5.74) is 2.43. The zero-order chi connectivity index (χ0) is 20.7. The molecule has 2 aliphatic rings. The summed E-state index contributed by atoms with van der Waals surface area (Å²) in [6, 6.07) is 8.88. The molecule has 2 heterocycles. The van der Waals surface area contributed by atoms with E-state index in [9.17, 15) is 19.7 Å². The van der Waals surface area contributed by atoms with Gasteiger partial charge in [-0.1, -0.05) is 17.7 Å². The lowest BCUT2D eigenvalue weighted by Gasteiger charge is -2.23. The van der Waals surface area contributed by atoms with Gasteiger partial charge in [0.1, 0.15) is 11.8 Å². The number of fused-ring (bicyclic) bond motifs is 1. The van der Waals surface area contributed by atoms with E-state index in [0.29, 0.717) is 22.6 Å². The summed E-state index contributed by atoms with van der Waals surface area (Å²) in [5, 5.41) is 11.3. The van der Waals surface area contributed by atoms with E-state index in [4.69, 9.17) is 9.47 Å². The molecule has 150 valence electrons. The number of nitro groups is 1. The van der Waals surface area contributed by atoms with E-state index in [-0.39, 0.29) is 31.5 Å². The maximum absolute atomic E-state index is 13.0. The zero-order valence-corrected chi connectivity index (χ0v) is 16.0. The SMILES string of the molecule is Cc1ccc(N2C(=O)N(Cc3cc([N+](=O)[O-])cc4c3OCOC4)C(=O)C2C)cc1. The van der Waals surface area contributed by atoms with E-state index in [1.165, 1.54) is 17.0 Å². The molecule has 2 aliphatic heterocycles. The van der Waals surface area contributed by atoms with Crippen molar-refractivity contribution >= 4 is 23.3 Å². The number of ether oxygens (including phenoxy) is 2. The molecule has 29 heavy (non-hydrogen) atoms. The van der Waals surface area contributed by atoms with Crippen molar-refractivity contribution in [2.45, 2.75) is 33.0 Å². The van der Waals surface area contributed by atoms with Crippen LogP contribution in [0.2, 0.25) is 0 Å². The second kappa shape index (κ2) is 7.17. The molecule has 1 fully saturated rings. The number of carbonyl (C=O) groups is 2. The van der Waals surface area contributed by atoms with Crippen LogP contribution in [0.1, 0.15) is 23.6 Å². The maximum atomic E-state index is 13.0. The number of anilines is 1. The molecule has 9 nitrogen and oxygen atoms in total. The highest BCUT2D eigenvalue weighted by Crippen LogP contribution is 2.35.